The topological polar surface area (TPSA) is 73.0 Å². The molecule has 1 fully saturated rings. The van der Waals surface area contributed by atoms with Gasteiger partial charge in [-0.1, -0.05) is 12.1 Å². The lowest BCUT2D eigenvalue weighted by molar-refractivity contribution is -0.130. The molecule has 0 saturated carbocycles. The number of aryl methyl sites for hydroxylation is 1. The van der Waals surface area contributed by atoms with Gasteiger partial charge in [-0.05, 0) is 24.6 Å². The zero-order valence-corrected chi connectivity index (χ0v) is 14.6. The third kappa shape index (κ3) is 4.66. The molecule has 0 aliphatic carbocycles. The summed E-state index contributed by atoms with van der Waals surface area (Å²) >= 11 is 0. The monoisotopic (exact) mass is 340 g/mol. The van der Waals surface area contributed by atoms with Crippen molar-refractivity contribution in [3.63, 3.8) is 0 Å². The Morgan fingerprint density at radius 3 is 2.43 bits per heavy atom. The summed E-state index contributed by atoms with van der Waals surface area (Å²) in [5.41, 5.74) is 2.37. The summed E-state index contributed by atoms with van der Waals surface area (Å²) < 4.78 is 26.6. The van der Waals surface area contributed by atoms with Crippen LogP contribution in [0.15, 0.2) is 24.3 Å². The van der Waals surface area contributed by atoms with Crippen molar-refractivity contribution in [3.05, 3.63) is 29.8 Å². The predicted octanol–water partition coefficient (Wildman–Crippen LogP) is 0.0396. The molecule has 0 unspecified atom stereocenters. The molecule has 1 amide bonds. The molecule has 7 nitrogen and oxygen atoms in total. The van der Waals surface area contributed by atoms with Crippen LogP contribution in [0.1, 0.15) is 5.56 Å². The van der Waals surface area contributed by atoms with Gasteiger partial charge in [0.1, 0.15) is 0 Å². The molecule has 1 N–H and O–H groups in total. The number of nitrogens with zero attached hydrogens (tertiary/aromatic N) is 3. The highest BCUT2D eigenvalue weighted by Crippen LogP contribution is 2.17. The number of anilines is 1. The second-order valence-corrected chi connectivity index (χ2v) is 7.78. The van der Waals surface area contributed by atoms with Gasteiger partial charge in [0.15, 0.2) is 0 Å². The van der Waals surface area contributed by atoms with Crippen molar-refractivity contribution in [2.75, 3.05) is 51.7 Å². The van der Waals surface area contributed by atoms with E-state index in [-0.39, 0.29) is 12.5 Å². The van der Waals surface area contributed by atoms with E-state index in [1.807, 2.05) is 6.07 Å². The van der Waals surface area contributed by atoms with E-state index in [4.69, 9.17) is 0 Å². The minimum Gasteiger partial charge on any atom is -0.368 e. The molecule has 0 spiro atoms. The van der Waals surface area contributed by atoms with Crippen molar-refractivity contribution in [1.82, 2.24) is 13.9 Å². The molecule has 0 atom stereocenters. The molecule has 1 aliphatic rings. The van der Waals surface area contributed by atoms with Crippen LogP contribution in [0.5, 0.6) is 0 Å². The van der Waals surface area contributed by atoms with Crippen molar-refractivity contribution >= 4 is 21.8 Å². The SMILES string of the molecule is Cc1cccc(N2CCN(C(=O)CNS(=O)(=O)N(C)C)CC2)c1. The Balaban J connectivity index is 1.85. The zero-order valence-electron chi connectivity index (χ0n) is 13.8. The average molecular weight is 340 g/mol. The summed E-state index contributed by atoms with van der Waals surface area (Å²) in [6.45, 7) is 4.53. The number of benzene rings is 1. The van der Waals surface area contributed by atoms with E-state index in [0.717, 1.165) is 23.1 Å². The van der Waals surface area contributed by atoms with Gasteiger partial charge in [0.25, 0.3) is 10.2 Å². The van der Waals surface area contributed by atoms with Gasteiger partial charge < -0.3 is 9.80 Å². The fourth-order valence-corrected chi connectivity index (χ4v) is 3.00. The Labute approximate surface area is 138 Å². The Morgan fingerprint density at radius 1 is 1.22 bits per heavy atom. The average Bonchev–Trinajstić information content (AvgIpc) is 2.52. The minimum atomic E-state index is -3.57. The lowest BCUT2D eigenvalue weighted by Crippen LogP contribution is -2.52. The summed E-state index contributed by atoms with van der Waals surface area (Å²) in [7, 11) is -0.717. The van der Waals surface area contributed by atoms with E-state index in [1.165, 1.54) is 19.7 Å². The van der Waals surface area contributed by atoms with Gasteiger partial charge in [-0.25, -0.2) is 0 Å². The molecule has 0 bridgehead atoms. The first kappa shape index (κ1) is 17.7. The highest BCUT2D eigenvalue weighted by Gasteiger charge is 2.23. The van der Waals surface area contributed by atoms with Crippen LogP contribution in [0.3, 0.4) is 0 Å². The fourth-order valence-electron chi connectivity index (χ4n) is 2.43. The Morgan fingerprint density at radius 2 is 1.87 bits per heavy atom. The van der Waals surface area contributed by atoms with Gasteiger partial charge in [0.2, 0.25) is 5.91 Å². The van der Waals surface area contributed by atoms with Crippen LogP contribution in [-0.4, -0.2) is 70.3 Å². The van der Waals surface area contributed by atoms with Gasteiger partial charge >= 0.3 is 0 Å². The van der Waals surface area contributed by atoms with Gasteiger partial charge in [-0.15, -0.1) is 0 Å². The van der Waals surface area contributed by atoms with Crippen LogP contribution in [0, 0.1) is 6.92 Å². The minimum absolute atomic E-state index is 0.195. The molecular formula is C15H24N4O3S. The number of carbonyl (C=O) groups is 1. The first-order valence-corrected chi connectivity index (χ1v) is 9.00. The molecule has 0 radical (unpaired) electrons. The number of hydrogen-bond donors (Lipinski definition) is 1. The van der Waals surface area contributed by atoms with Crippen LogP contribution >= 0.6 is 0 Å². The van der Waals surface area contributed by atoms with Crippen LogP contribution in [0.2, 0.25) is 0 Å². The molecule has 1 saturated heterocycles. The lowest BCUT2D eigenvalue weighted by Gasteiger charge is -2.36. The second-order valence-electron chi connectivity index (χ2n) is 5.82. The van der Waals surface area contributed by atoms with Crippen molar-refractivity contribution in [2.24, 2.45) is 0 Å². The Kier molecular flexibility index (Phi) is 5.61. The van der Waals surface area contributed by atoms with Gasteiger partial charge in [-0.2, -0.15) is 17.4 Å². The molecule has 0 aromatic heterocycles. The maximum atomic E-state index is 12.1. The maximum Gasteiger partial charge on any atom is 0.279 e. The van der Waals surface area contributed by atoms with E-state index >= 15 is 0 Å². The highest BCUT2D eigenvalue weighted by atomic mass is 32.2. The summed E-state index contributed by atoms with van der Waals surface area (Å²) in [6, 6.07) is 8.27. The quantitative estimate of drug-likeness (QED) is 0.821. The van der Waals surface area contributed by atoms with Crippen molar-refractivity contribution in [2.45, 2.75) is 6.92 Å². The number of carbonyl (C=O) groups excluding carboxylic acids is 1. The van der Waals surface area contributed by atoms with Crippen LogP contribution in [0.25, 0.3) is 0 Å². The van der Waals surface area contributed by atoms with E-state index in [9.17, 15) is 13.2 Å². The lowest BCUT2D eigenvalue weighted by atomic mass is 10.2. The zero-order chi connectivity index (χ0) is 17.0. The summed E-state index contributed by atoms with van der Waals surface area (Å²) in [5, 5.41) is 0. The van der Waals surface area contributed by atoms with Gasteiger partial charge in [0.05, 0.1) is 6.54 Å². The third-order valence-corrected chi connectivity index (χ3v) is 5.36. The third-order valence-electron chi connectivity index (χ3n) is 3.89. The Hall–Kier alpha value is -1.64. The normalized spacial score (nSPS) is 16.0. The molecule has 1 aliphatic heterocycles. The standard InChI is InChI=1S/C15H24N4O3S/c1-13-5-4-6-14(11-13)18-7-9-19(10-8-18)15(20)12-16-23(21,22)17(2)3/h4-6,11,16H,7-10,12H2,1-3H3. The largest absolute Gasteiger partial charge is 0.368 e. The van der Waals surface area contributed by atoms with Crippen LogP contribution in [0.4, 0.5) is 5.69 Å². The maximum absolute atomic E-state index is 12.1. The molecular weight excluding hydrogens is 316 g/mol. The molecule has 1 aromatic carbocycles. The Bertz CT molecular complexity index is 652. The van der Waals surface area contributed by atoms with Crippen molar-refractivity contribution < 1.29 is 13.2 Å². The van der Waals surface area contributed by atoms with Crippen molar-refractivity contribution in [1.29, 1.82) is 0 Å². The smallest absolute Gasteiger partial charge is 0.279 e. The van der Waals surface area contributed by atoms with Crippen LogP contribution in [-0.2, 0) is 15.0 Å². The number of nitrogens with one attached hydrogen (secondary N) is 1. The van der Waals surface area contributed by atoms with E-state index in [1.54, 1.807) is 4.90 Å². The molecule has 8 heteroatoms. The fraction of sp³-hybridized carbons (Fsp3) is 0.533. The molecule has 1 heterocycles. The highest BCUT2D eigenvalue weighted by molar-refractivity contribution is 7.87. The molecule has 128 valence electrons. The number of amides is 1. The number of piperazine rings is 1. The first-order valence-electron chi connectivity index (χ1n) is 7.56. The molecule has 2 rings (SSSR count). The van der Waals surface area contributed by atoms with E-state index < -0.39 is 10.2 Å². The van der Waals surface area contributed by atoms with Crippen LogP contribution < -0.4 is 9.62 Å². The predicted molar refractivity (Wildman–Crippen MR) is 90.6 cm³/mol. The number of hydrogen-bond acceptors (Lipinski definition) is 4. The molecule has 1 aromatic rings. The summed E-state index contributed by atoms with van der Waals surface area (Å²) in [5.74, 6) is -0.195. The molecule has 23 heavy (non-hydrogen) atoms. The second kappa shape index (κ2) is 7.29. The van der Waals surface area contributed by atoms with Crippen molar-refractivity contribution in [3.8, 4) is 0 Å². The van der Waals surface area contributed by atoms with Gasteiger partial charge in [0, 0.05) is 46.0 Å². The van der Waals surface area contributed by atoms with E-state index in [2.05, 4.69) is 34.7 Å². The first-order chi connectivity index (χ1) is 10.8. The summed E-state index contributed by atoms with van der Waals surface area (Å²) in [6.07, 6.45) is 0. The van der Waals surface area contributed by atoms with Gasteiger partial charge in [-0.3, -0.25) is 4.79 Å². The summed E-state index contributed by atoms with van der Waals surface area (Å²) in [4.78, 5) is 16.1. The van der Waals surface area contributed by atoms with E-state index in [0.29, 0.717) is 13.1 Å². The number of rotatable bonds is 5.